The summed E-state index contributed by atoms with van der Waals surface area (Å²) in [6.07, 6.45) is 1.11. The van der Waals surface area contributed by atoms with Gasteiger partial charge in [-0.2, -0.15) is 0 Å². The van der Waals surface area contributed by atoms with Crippen molar-refractivity contribution in [1.82, 2.24) is 4.57 Å². The van der Waals surface area contributed by atoms with E-state index >= 15 is 0 Å². The molecule has 0 fully saturated rings. The molecule has 0 saturated heterocycles. The number of nitrogens with zero attached hydrogens (tertiary/aromatic N) is 1. The Morgan fingerprint density at radius 2 is 2.07 bits per heavy atom. The van der Waals surface area contributed by atoms with Crippen LogP contribution in [0, 0.1) is 0 Å². The van der Waals surface area contributed by atoms with Crippen molar-refractivity contribution in [2.75, 3.05) is 11.9 Å². The minimum absolute atomic E-state index is 0.0778. The van der Waals surface area contributed by atoms with Crippen LogP contribution in [-0.4, -0.2) is 11.1 Å². The molecule has 0 aromatic heterocycles. The van der Waals surface area contributed by atoms with Crippen LogP contribution in [0.3, 0.4) is 0 Å². The second-order valence-corrected chi connectivity index (χ2v) is 3.87. The topological polar surface area (TPSA) is 34.0 Å². The molecule has 1 N–H and O–H groups in total. The van der Waals surface area contributed by atoms with E-state index in [1.807, 2.05) is 6.07 Å². The van der Waals surface area contributed by atoms with Crippen molar-refractivity contribution in [3.8, 4) is 11.3 Å². The Morgan fingerprint density at radius 3 is 3.00 bits per heavy atom. The van der Waals surface area contributed by atoms with Crippen LogP contribution in [0.4, 0.5) is 5.82 Å². The highest BCUT2D eigenvalue weighted by molar-refractivity contribution is 5.65. The van der Waals surface area contributed by atoms with E-state index < -0.39 is 0 Å². The second kappa shape index (κ2) is 3.12. The Morgan fingerprint density at radius 1 is 1.20 bits per heavy atom. The largest absolute Gasteiger partial charge is 0.371 e. The summed E-state index contributed by atoms with van der Waals surface area (Å²) in [5.41, 5.74) is 2.24. The fraction of sp³-hybridized carbons (Fsp3) is 0.250. The molecule has 2 aliphatic heterocycles. The predicted molar refractivity (Wildman–Crippen MR) is 60.4 cm³/mol. The molecule has 1 aliphatic carbocycles. The molecule has 0 radical (unpaired) electrons. The summed E-state index contributed by atoms with van der Waals surface area (Å²) in [6, 6.07) is 9.35. The first-order chi connectivity index (χ1) is 7.34. The average molecular weight is 200 g/mol. The molecule has 0 aromatic carbocycles. The zero-order valence-electron chi connectivity index (χ0n) is 8.36. The number of pyridine rings is 1. The van der Waals surface area contributed by atoms with E-state index in [2.05, 4.69) is 22.0 Å². The van der Waals surface area contributed by atoms with Crippen LogP contribution in [-0.2, 0) is 6.54 Å². The molecule has 0 atom stereocenters. The monoisotopic (exact) mass is 200 g/mol. The van der Waals surface area contributed by atoms with Gasteiger partial charge in [0.1, 0.15) is 5.82 Å². The number of hydrogen-bond donors (Lipinski definition) is 1. The zero-order chi connectivity index (χ0) is 10.3. The Balaban J connectivity index is 2.34. The van der Waals surface area contributed by atoms with Crippen molar-refractivity contribution in [2.24, 2.45) is 0 Å². The highest BCUT2D eigenvalue weighted by Gasteiger charge is 2.13. The molecular formula is C12H12N2O. The van der Waals surface area contributed by atoms with Gasteiger partial charge in [-0.3, -0.25) is 4.79 Å². The molecule has 0 aromatic rings. The molecule has 15 heavy (non-hydrogen) atoms. The summed E-state index contributed by atoms with van der Waals surface area (Å²) >= 11 is 0. The number of fused-ring (bicyclic) bond motifs is 3. The number of aromatic nitrogens is 1. The number of rotatable bonds is 0. The summed E-state index contributed by atoms with van der Waals surface area (Å²) in [6.45, 7) is 2.01. The molecule has 3 rings (SSSR count). The van der Waals surface area contributed by atoms with E-state index in [0.29, 0.717) is 0 Å². The third kappa shape index (κ3) is 1.31. The van der Waals surface area contributed by atoms with Crippen LogP contribution in [0.5, 0.6) is 0 Å². The number of benzene rings is 1. The highest BCUT2D eigenvalue weighted by Crippen LogP contribution is 2.26. The lowest BCUT2D eigenvalue weighted by Gasteiger charge is -2.25. The van der Waals surface area contributed by atoms with Crippen molar-refractivity contribution >= 4 is 5.82 Å². The smallest absolute Gasteiger partial charge is 0.180 e. The van der Waals surface area contributed by atoms with Gasteiger partial charge in [0, 0.05) is 19.2 Å². The van der Waals surface area contributed by atoms with Crippen LogP contribution < -0.4 is 10.7 Å². The molecule has 3 heteroatoms. The van der Waals surface area contributed by atoms with E-state index in [1.54, 1.807) is 12.1 Å². The molecule has 0 unspecified atom stereocenters. The normalized spacial score (nSPS) is 14.7. The summed E-state index contributed by atoms with van der Waals surface area (Å²) in [5, 5.41) is 3.34. The molecule has 2 heterocycles. The van der Waals surface area contributed by atoms with Crippen molar-refractivity contribution in [1.29, 1.82) is 0 Å². The first-order valence-electron chi connectivity index (χ1n) is 5.22. The van der Waals surface area contributed by atoms with Gasteiger partial charge in [0.05, 0.1) is 5.69 Å². The maximum atomic E-state index is 11.3. The lowest BCUT2D eigenvalue weighted by Crippen LogP contribution is -2.20. The fourth-order valence-corrected chi connectivity index (χ4v) is 2.14. The van der Waals surface area contributed by atoms with Crippen LogP contribution in [0.1, 0.15) is 6.42 Å². The predicted octanol–water partition coefficient (Wildman–Crippen LogP) is 1.77. The standard InChI is InChI=1S/C12H12N2O/c15-10-4-2-9-3-5-12-13-6-1-7-14(12)11(9)8-10/h2-5,8,13H,1,6-7H2. The molecule has 0 amide bonds. The molecule has 3 nitrogen and oxygen atoms in total. The van der Waals surface area contributed by atoms with Gasteiger partial charge in [0.25, 0.3) is 0 Å². The average Bonchev–Trinajstić information content (AvgIpc) is 2.29. The maximum Gasteiger partial charge on any atom is 0.180 e. The Bertz CT molecular complexity index is 530. The molecule has 0 saturated carbocycles. The SMILES string of the molecule is O=c1ccc2ccc3n(c-2c1)CCCN3. The summed E-state index contributed by atoms with van der Waals surface area (Å²) < 4.78 is 2.18. The molecule has 0 spiro atoms. The quantitative estimate of drug-likeness (QED) is 0.703. The first kappa shape index (κ1) is 8.53. The van der Waals surface area contributed by atoms with Crippen LogP contribution in [0.2, 0.25) is 0 Å². The van der Waals surface area contributed by atoms with E-state index in [-0.39, 0.29) is 5.43 Å². The zero-order valence-corrected chi connectivity index (χ0v) is 8.36. The first-order valence-corrected chi connectivity index (χ1v) is 5.22. The number of hydrogen-bond acceptors (Lipinski definition) is 2. The number of anilines is 1. The van der Waals surface area contributed by atoms with Gasteiger partial charge in [-0.05, 0) is 36.2 Å². The lowest BCUT2D eigenvalue weighted by molar-refractivity contribution is 0.630. The van der Waals surface area contributed by atoms with E-state index in [9.17, 15) is 4.79 Å². The molecule has 0 bridgehead atoms. The molecule has 76 valence electrons. The van der Waals surface area contributed by atoms with Crippen molar-refractivity contribution in [2.45, 2.75) is 13.0 Å². The third-order valence-corrected chi connectivity index (χ3v) is 2.87. The van der Waals surface area contributed by atoms with Crippen LogP contribution in [0.15, 0.2) is 35.1 Å². The minimum Gasteiger partial charge on any atom is -0.371 e. The fourth-order valence-electron chi connectivity index (χ4n) is 2.14. The van der Waals surface area contributed by atoms with Gasteiger partial charge in [0.15, 0.2) is 5.43 Å². The Hall–Kier alpha value is -1.77. The lowest BCUT2D eigenvalue weighted by atomic mass is 10.1. The summed E-state index contributed by atoms with van der Waals surface area (Å²) in [4.78, 5) is 11.3. The third-order valence-electron chi connectivity index (χ3n) is 2.87. The number of nitrogens with one attached hydrogen (secondary N) is 1. The van der Waals surface area contributed by atoms with Gasteiger partial charge >= 0.3 is 0 Å². The van der Waals surface area contributed by atoms with Crippen LogP contribution in [0.25, 0.3) is 11.3 Å². The molecular weight excluding hydrogens is 188 g/mol. The van der Waals surface area contributed by atoms with Gasteiger partial charge in [-0.15, -0.1) is 0 Å². The summed E-state index contributed by atoms with van der Waals surface area (Å²) in [7, 11) is 0. The Labute approximate surface area is 87.7 Å². The highest BCUT2D eigenvalue weighted by atomic mass is 16.1. The van der Waals surface area contributed by atoms with E-state index in [0.717, 1.165) is 36.6 Å². The van der Waals surface area contributed by atoms with Gasteiger partial charge in [-0.25, -0.2) is 0 Å². The van der Waals surface area contributed by atoms with Crippen molar-refractivity contribution in [3.63, 3.8) is 0 Å². The minimum atomic E-state index is 0.0778. The van der Waals surface area contributed by atoms with Crippen molar-refractivity contribution in [3.05, 3.63) is 40.6 Å². The van der Waals surface area contributed by atoms with Crippen molar-refractivity contribution < 1.29 is 0 Å². The van der Waals surface area contributed by atoms with Gasteiger partial charge in [0.2, 0.25) is 0 Å². The summed E-state index contributed by atoms with van der Waals surface area (Å²) in [5.74, 6) is 1.11. The Kier molecular flexibility index (Phi) is 1.78. The van der Waals surface area contributed by atoms with Crippen LogP contribution >= 0.6 is 0 Å². The van der Waals surface area contributed by atoms with Gasteiger partial charge < -0.3 is 9.88 Å². The van der Waals surface area contributed by atoms with E-state index in [1.165, 1.54) is 0 Å². The maximum absolute atomic E-state index is 11.3. The van der Waals surface area contributed by atoms with E-state index in [4.69, 9.17) is 0 Å². The molecule has 3 aliphatic rings. The van der Waals surface area contributed by atoms with Gasteiger partial charge in [-0.1, -0.05) is 0 Å². The second-order valence-electron chi connectivity index (χ2n) is 3.87.